The first-order valence-corrected chi connectivity index (χ1v) is 8.72. The largest absolute Gasteiger partial charge is 0.456 e. The van der Waals surface area contributed by atoms with Crippen LogP contribution in [0.2, 0.25) is 5.02 Å². The molecule has 2 aliphatic heterocycles. The van der Waals surface area contributed by atoms with Crippen LogP contribution in [0.3, 0.4) is 0 Å². The molecule has 2 amide bonds. The number of ether oxygens (including phenoxy) is 1. The van der Waals surface area contributed by atoms with Gasteiger partial charge in [0.1, 0.15) is 24.4 Å². The molecule has 0 aliphatic carbocycles. The van der Waals surface area contributed by atoms with E-state index in [0.717, 1.165) is 16.5 Å². The molecular formula is C19H13ClFN3O4. The zero-order valence-corrected chi connectivity index (χ0v) is 15.0. The summed E-state index contributed by atoms with van der Waals surface area (Å²) in [7, 11) is 0. The molecule has 28 heavy (non-hydrogen) atoms. The lowest BCUT2D eigenvalue weighted by Gasteiger charge is -2.16. The lowest BCUT2D eigenvalue weighted by Crippen LogP contribution is -2.36. The van der Waals surface area contributed by atoms with Crippen LogP contribution in [-0.2, 0) is 25.7 Å². The van der Waals surface area contributed by atoms with E-state index in [4.69, 9.17) is 16.3 Å². The van der Waals surface area contributed by atoms with Gasteiger partial charge in [0, 0.05) is 0 Å². The molecule has 1 N–H and O–H groups in total. The fourth-order valence-corrected chi connectivity index (χ4v) is 3.25. The lowest BCUT2D eigenvalue weighted by molar-refractivity contribution is -0.137. The molecule has 0 bridgehead atoms. The summed E-state index contributed by atoms with van der Waals surface area (Å²) in [6, 6.07) is 11.6. The Balaban J connectivity index is 1.53. The molecule has 2 heterocycles. The minimum absolute atomic E-state index is 0.00429. The highest BCUT2D eigenvalue weighted by Crippen LogP contribution is 2.32. The number of halogens is 2. The summed E-state index contributed by atoms with van der Waals surface area (Å²) in [5.74, 6) is -4.01. The summed E-state index contributed by atoms with van der Waals surface area (Å²) in [6.45, 7) is 0.00429. The van der Waals surface area contributed by atoms with Gasteiger partial charge in [-0.3, -0.25) is 15.0 Å². The summed E-state index contributed by atoms with van der Waals surface area (Å²) >= 11 is 5.65. The molecule has 0 spiro atoms. The third-order valence-electron chi connectivity index (χ3n) is 4.51. The van der Waals surface area contributed by atoms with Crippen LogP contribution in [0.4, 0.5) is 10.1 Å². The summed E-state index contributed by atoms with van der Waals surface area (Å²) in [5.41, 5.74) is 3.13. The number of hydrazone groups is 1. The van der Waals surface area contributed by atoms with Crippen molar-refractivity contribution in [2.45, 2.75) is 12.6 Å². The fraction of sp³-hybridized carbons (Fsp3) is 0.158. The van der Waals surface area contributed by atoms with Crippen molar-refractivity contribution >= 4 is 40.8 Å². The van der Waals surface area contributed by atoms with Gasteiger partial charge in [-0.05, 0) is 23.8 Å². The number of rotatable bonds is 4. The number of carbonyl (C=O) groups is 3. The predicted octanol–water partition coefficient (Wildman–Crippen LogP) is 2.04. The van der Waals surface area contributed by atoms with Crippen LogP contribution in [0.5, 0.6) is 0 Å². The summed E-state index contributed by atoms with van der Waals surface area (Å²) < 4.78 is 19.0. The smallest absolute Gasteiger partial charge is 0.355 e. The topological polar surface area (TPSA) is 88.1 Å². The van der Waals surface area contributed by atoms with E-state index in [0.29, 0.717) is 0 Å². The van der Waals surface area contributed by atoms with Crippen molar-refractivity contribution in [2.75, 3.05) is 4.90 Å². The third-order valence-corrected chi connectivity index (χ3v) is 4.81. The standard InChI is InChI=1S/C19H13ClFN3O4/c20-12-7-6-11(8-13(12)21)24-17(25)14-15(18(24)26)22-23-16(14)19(27)28-9-10-4-2-1-3-5-10/h1-8,14-15,22H,9H2/t14-,15-/m1/s1. The van der Waals surface area contributed by atoms with Gasteiger partial charge in [-0.25, -0.2) is 14.1 Å². The van der Waals surface area contributed by atoms with E-state index in [-0.39, 0.29) is 23.0 Å². The van der Waals surface area contributed by atoms with Crippen LogP contribution < -0.4 is 10.3 Å². The van der Waals surface area contributed by atoms with Gasteiger partial charge in [-0.15, -0.1) is 0 Å². The first-order chi connectivity index (χ1) is 13.5. The SMILES string of the molecule is O=C(OCc1ccccc1)C1=NN[C@H]2C(=O)N(c3ccc(Cl)c(F)c3)C(=O)[C@@H]12. The number of carbonyl (C=O) groups excluding carboxylic acids is 3. The monoisotopic (exact) mass is 401 g/mol. The zero-order chi connectivity index (χ0) is 19.8. The molecule has 1 fully saturated rings. The van der Waals surface area contributed by atoms with Crippen molar-refractivity contribution < 1.29 is 23.5 Å². The second-order valence-electron chi connectivity index (χ2n) is 6.25. The normalized spacial score (nSPS) is 20.6. The maximum atomic E-state index is 13.7. The first-order valence-electron chi connectivity index (χ1n) is 8.34. The summed E-state index contributed by atoms with van der Waals surface area (Å²) in [4.78, 5) is 38.6. The van der Waals surface area contributed by atoms with E-state index in [9.17, 15) is 18.8 Å². The number of imide groups is 1. The number of nitrogens with zero attached hydrogens (tertiary/aromatic N) is 2. The van der Waals surface area contributed by atoms with Crippen molar-refractivity contribution in [3.63, 3.8) is 0 Å². The molecule has 4 rings (SSSR count). The number of nitrogens with one attached hydrogen (secondary N) is 1. The van der Waals surface area contributed by atoms with E-state index in [1.54, 1.807) is 24.3 Å². The first kappa shape index (κ1) is 18.1. The van der Waals surface area contributed by atoms with Crippen LogP contribution in [0.15, 0.2) is 53.6 Å². The van der Waals surface area contributed by atoms with Gasteiger partial charge in [0.05, 0.1) is 10.7 Å². The number of amides is 2. The van der Waals surface area contributed by atoms with Gasteiger partial charge in [0.25, 0.3) is 5.91 Å². The van der Waals surface area contributed by atoms with E-state index in [1.165, 1.54) is 12.1 Å². The maximum absolute atomic E-state index is 13.7. The molecule has 7 nitrogen and oxygen atoms in total. The van der Waals surface area contributed by atoms with Crippen LogP contribution in [0.25, 0.3) is 0 Å². The zero-order valence-electron chi connectivity index (χ0n) is 14.3. The second kappa shape index (κ2) is 7.05. The van der Waals surface area contributed by atoms with Gasteiger partial charge in [0.2, 0.25) is 5.91 Å². The molecule has 142 valence electrons. The Hall–Kier alpha value is -3.26. The minimum Gasteiger partial charge on any atom is -0.456 e. The van der Waals surface area contributed by atoms with E-state index in [2.05, 4.69) is 10.5 Å². The fourth-order valence-electron chi connectivity index (χ4n) is 3.13. The van der Waals surface area contributed by atoms with Crippen LogP contribution in [0, 0.1) is 11.7 Å². The van der Waals surface area contributed by atoms with Crippen LogP contribution in [-0.4, -0.2) is 29.5 Å². The average Bonchev–Trinajstić information content (AvgIpc) is 3.24. The van der Waals surface area contributed by atoms with Crippen molar-refractivity contribution in [1.29, 1.82) is 0 Å². The van der Waals surface area contributed by atoms with Crippen molar-refractivity contribution in [1.82, 2.24) is 5.43 Å². The highest BCUT2D eigenvalue weighted by molar-refractivity contribution is 6.46. The lowest BCUT2D eigenvalue weighted by atomic mass is 9.99. The van der Waals surface area contributed by atoms with Crippen LogP contribution in [0.1, 0.15) is 5.56 Å². The van der Waals surface area contributed by atoms with E-state index in [1.807, 2.05) is 6.07 Å². The Morgan fingerprint density at radius 3 is 2.64 bits per heavy atom. The highest BCUT2D eigenvalue weighted by atomic mass is 35.5. The van der Waals surface area contributed by atoms with E-state index >= 15 is 0 Å². The molecule has 2 aromatic carbocycles. The van der Waals surface area contributed by atoms with Gasteiger partial charge < -0.3 is 4.74 Å². The third kappa shape index (κ3) is 3.01. The molecule has 2 atom stereocenters. The Kier molecular flexibility index (Phi) is 4.56. The Labute approximate surface area is 163 Å². The highest BCUT2D eigenvalue weighted by Gasteiger charge is 2.55. The number of benzene rings is 2. The molecular weight excluding hydrogens is 389 g/mol. The van der Waals surface area contributed by atoms with Gasteiger partial charge >= 0.3 is 5.97 Å². The number of hydrogen-bond acceptors (Lipinski definition) is 6. The van der Waals surface area contributed by atoms with Crippen LogP contribution >= 0.6 is 11.6 Å². The summed E-state index contributed by atoms with van der Waals surface area (Å²) in [6.07, 6.45) is 0. The molecule has 0 radical (unpaired) electrons. The quantitative estimate of drug-likeness (QED) is 0.625. The molecule has 2 aromatic rings. The molecule has 1 saturated heterocycles. The number of hydrogen-bond donors (Lipinski definition) is 1. The minimum atomic E-state index is -1.13. The maximum Gasteiger partial charge on any atom is 0.355 e. The summed E-state index contributed by atoms with van der Waals surface area (Å²) in [5, 5.41) is 3.69. The van der Waals surface area contributed by atoms with Gasteiger partial charge in [0.15, 0.2) is 5.71 Å². The molecule has 0 unspecified atom stereocenters. The molecule has 2 aliphatic rings. The average molecular weight is 402 g/mol. The number of fused-ring (bicyclic) bond motifs is 1. The molecule has 0 aromatic heterocycles. The van der Waals surface area contributed by atoms with Crippen molar-refractivity contribution in [3.05, 3.63) is 64.9 Å². The Morgan fingerprint density at radius 2 is 1.93 bits per heavy atom. The molecule has 0 saturated carbocycles. The van der Waals surface area contributed by atoms with Gasteiger partial charge in [-0.2, -0.15) is 5.10 Å². The Bertz CT molecular complexity index is 1010. The predicted molar refractivity (Wildman–Crippen MR) is 98.0 cm³/mol. The molecule has 9 heteroatoms. The number of anilines is 1. The number of esters is 1. The van der Waals surface area contributed by atoms with Crippen molar-refractivity contribution in [3.8, 4) is 0 Å². The second-order valence-corrected chi connectivity index (χ2v) is 6.66. The van der Waals surface area contributed by atoms with Crippen molar-refractivity contribution in [2.24, 2.45) is 11.0 Å². The van der Waals surface area contributed by atoms with Gasteiger partial charge in [-0.1, -0.05) is 41.9 Å². The van der Waals surface area contributed by atoms with E-state index < -0.39 is 35.6 Å². The Morgan fingerprint density at radius 1 is 1.18 bits per heavy atom.